The number of aryl methyl sites for hydroxylation is 1. The van der Waals surface area contributed by atoms with Crippen molar-refractivity contribution in [1.82, 2.24) is 24.3 Å². The molecule has 5 rings (SSSR count). The number of likely N-dealkylation sites (tertiary alicyclic amines) is 2. The molecule has 0 saturated carbocycles. The summed E-state index contributed by atoms with van der Waals surface area (Å²) in [5, 5.41) is 22.7. The van der Waals surface area contributed by atoms with Gasteiger partial charge in [-0.1, -0.05) is 13.3 Å². The minimum atomic E-state index is -0.985. The van der Waals surface area contributed by atoms with Crippen LogP contribution in [-0.4, -0.2) is 91.6 Å². The molecule has 0 unspecified atom stereocenters. The molecular formula is C23H35N5O3. The third-order valence-electron chi connectivity index (χ3n) is 7.75. The maximum absolute atomic E-state index is 10.9. The van der Waals surface area contributed by atoms with E-state index in [1.165, 1.54) is 12.8 Å². The molecule has 1 spiro atoms. The van der Waals surface area contributed by atoms with Crippen LogP contribution in [0.25, 0.3) is 11.0 Å². The highest BCUT2D eigenvalue weighted by atomic mass is 16.6. The van der Waals surface area contributed by atoms with Crippen LogP contribution >= 0.6 is 0 Å². The molecule has 31 heavy (non-hydrogen) atoms. The van der Waals surface area contributed by atoms with Crippen molar-refractivity contribution < 1.29 is 14.9 Å². The number of aliphatic hydroxyl groups excluding tert-OH is 2. The lowest BCUT2D eigenvalue weighted by atomic mass is 9.85. The Labute approximate surface area is 183 Å². The number of rotatable bonds is 5. The first-order valence-corrected chi connectivity index (χ1v) is 11.8. The number of hydrogen-bond donors (Lipinski definition) is 2. The van der Waals surface area contributed by atoms with Gasteiger partial charge in [-0.3, -0.25) is 4.90 Å². The van der Waals surface area contributed by atoms with Gasteiger partial charge in [-0.25, -0.2) is 9.97 Å². The maximum Gasteiger partial charge on any atom is 0.164 e. The topological polar surface area (TPSA) is 86.9 Å². The van der Waals surface area contributed by atoms with Crippen molar-refractivity contribution in [2.24, 2.45) is 0 Å². The quantitative estimate of drug-likeness (QED) is 0.746. The van der Waals surface area contributed by atoms with Crippen LogP contribution in [0.1, 0.15) is 50.9 Å². The van der Waals surface area contributed by atoms with Crippen LogP contribution in [0.2, 0.25) is 0 Å². The van der Waals surface area contributed by atoms with Crippen molar-refractivity contribution in [3.63, 3.8) is 0 Å². The van der Waals surface area contributed by atoms with E-state index in [4.69, 9.17) is 4.74 Å². The number of aromatic nitrogens is 3. The second-order valence-electron chi connectivity index (χ2n) is 9.65. The molecule has 0 radical (unpaired) electrons. The highest BCUT2D eigenvalue weighted by molar-refractivity contribution is 5.78. The van der Waals surface area contributed by atoms with Crippen molar-refractivity contribution >= 4 is 11.0 Å². The fourth-order valence-electron chi connectivity index (χ4n) is 5.87. The average molecular weight is 430 g/mol. The van der Waals surface area contributed by atoms with Crippen molar-refractivity contribution in [3.05, 3.63) is 24.3 Å². The number of hydrogen-bond acceptors (Lipinski definition) is 7. The molecule has 0 aromatic carbocycles. The fourth-order valence-corrected chi connectivity index (χ4v) is 5.87. The molecule has 0 bridgehead atoms. The zero-order valence-corrected chi connectivity index (χ0v) is 18.7. The Balaban J connectivity index is 1.35. The van der Waals surface area contributed by atoms with E-state index in [2.05, 4.69) is 33.7 Å². The Kier molecular flexibility index (Phi) is 5.77. The van der Waals surface area contributed by atoms with Crippen LogP contribution in [0.15, 0.2) is 18.6 Å². The molecule has 2 aromatic heterocycles. The highest BCUT2D eigenvalue weighted by Gasteiger charge is 2.49. The minimum absolute atomic E-state index is 0.223. The molecular weight excluding hydrogens is 394 g/mol. The molecule has 3 aliphatic rings. The lowest BCUT2D eigenvalue weighted by Crippen LogP contribution is -2.54. The summed E-state index contributed by atoms with van der Waals surface area (Å²) in [5.41, 5.74) is 1.99. The second kappa shape index (κ2) is 8.41. The molecule has 3 fully saturated rings. The summed E-state index contributed by atoms with van der Waals surface area (Å²) < 4.78 is 8.17. The zero-order valence-electron chi connectivity index (χ0n) is 18.7. The molecule has 0 amide bonds. The van der Waals surface area contributed by atoms with E-state index in [1.807, 2.05) is 16.8 Å². The predicted octanol–water partition coefficient (Wildman–Crippen LogP) is 1.56. The maximum atomic E-state index is 10.9. The van der Waals surface area contributed by atoms with E-state index in [1.54, 1.807) is 6.33 Å². The molecule has 170 valence electrons. The van der Waals surface area contributed by atoms with Gasteiger partial charge in [0.25, 0.3) is 0 Å². The number of ether oxygens (including phenoxy) is 1. The monoisotopic (exact) mass is 429 g/mol. The van der Waals surface area contributed by atoms with Gasteiger partial charge in [0.15, 0.2) is 6.23 Å². The Hall–Kier alpha value is -1.58. The summed E-state index contributed by atoms with van der Waals surface area (Å²) >= 11 is 0. The molecule has 4 atom stereocenters. The first-order chi connectivity index (χ1) is 15.0. The minimum Gasteiger partial charge on any atom is -0.387 e. The van der Waals surface area contributed by atoms with E-state index in [-0.39, 0.29) is 5.54 Å². The first kappa shape index (κ1) is 21.3. The van der Waals surface area contributed by atoms with Crippen LogP contribution in [0.5, 0.6) is 0 Å². The van der Waals surface area contributed by atoms with Crippen molar-refractivity contribution in [3.8, 4) is 0 Å². The smallest absolute Gasteiger partial charge is 0.164 e. The van der Waals surface area contributed by atoms with Crippen LogP contribution < -0.4 is 0 Å². The van der Waals surface area contributed by atoms with Gasteiger partial charge in [-0.2, -0.15) is 0 Å². The number of fused-ring (bicyclic) bond motifs is 1. The normalized spacial score (nSPS) is 31.9. The van der Waals surface area contributed by atoms with Gasteiger partial charge in [-0.15, -0.1) is 0 Å². The Morgan fingerprint density at radius 3 is 2.71 bits per heavy atom. The molecule has 2 aromatic rings. The predicted molar refractivity (Wildman–Crippen MR) is 118 cm³/mol. The molecule has 2 N–H and O–H groups in total. The van der Waals surface area contributed by atoms with Gasteiger partial charge in [0.05, 0.1) is 5.69 Å². The lowest BCUT2D eigenvalue weighted by molar-refractivity contribution is -0.0569. The van der Waals surface area contributed by atoms with Crippen molar-refractivity contribution in [2.75, 3.05) is 33.2 Å². The summed E-state index contributed by atoms with van der Waals surface area (Å²) in [6, 6.07) is 1.99. The summed E-state index contributed by atoms with van der Waals surface area (Å²) in [6.45, 7) is 6.06. The Morgan fingerprint density at radius 2 is 1.94 bits per heavy atom. The van der Waals surface area contributed by atoms with E-state index in [0.717, 1.165) is 62.0 Å². The van der Waals surface area contributed by atoms with Crippen LogP contribution in [-0.2, 0) is 11.2 Å². The number of nitrogens with zero attached hydrogens (tertiary/aromatic N) is 5. The van der Waals surface area contributed by atoms with E-state index in [0.29, 0.717) is 6.54 Å². The third kappa shape index (κ3) is 3.68. The van der Waals surface area contributed by atoms with Crippen LogP contribution in [0, 0.1) is 0 Å². The summed E-state index contributed by atoms with van der Waals surface area (Å²) in [6.07, 6.45) is 7.15. The molecule has 8 nitrogen and oxygen atoms in total. The SMILES string of the molecule is CCCc1ncnc2c1ccn2[C@@H]1O[C@H](CN2CCCC23CCN(C)CC3)[C@@H](O)[C@H]1O. The molecule has 5 heterocycles. The fraction of sp³-hybridized carbons (Fsp3) is 0.739. The molecule has 0 aliphatic carbocycles. The van der Waals surface area contributed by atoms with Crippen molar-refractivity contribution in [2.45, 2.75) is 75.5 Å². The van der Waals surface area contributed by atoms with Crippen molar-refractivity contribution in [1.29, 1.82) is 0 Å². The largest absolute Gasteiger partial charge is 0.387 e. The number of aliphatic hydroxyl groups is 2. The van der Waals surface area contributed by atoms with Gasteiger partial charge < -0.3 is 24.4 Å². The zero-order chi connectivity index (χ0) is 21.6. The lowest BCUT2D eigenvalue weighted by Gasteiger charge is -2.45. The van der Waals surface area contributed by atoms with E-state index < -0.39 is 24.5 Å². The Morgan fingerprint density at radius 1 is 1.13 bits per heavy atom. The van der Waals surface area contributed by atoms with E-state index >= 15 is 0 Å². The Bertz CT molecular complexity index is 910. The van der Waals surface area contributed by atoms with Gasteiger partial charge in [0.1, 0.15) is 30.3 Å². The highest BCUT2D eigenvalue weighted by Crippen LogP contribution is 2.40. The van der Waals surface area contributed by atoms with Crippen LogP contribution in [0.3, 0.4) is 0 Å². The van der Waals surface area contributed by atoms with Gasteiger partial charge >= 0.3 is 0 Å². The van der Waals surface area contributed by atoms with Crippen LogP contribution in [0.4, 0.5) is 0 Å². The third-order valence-corrected chi connectivity index (χ3v) is 7.75. The van der Waals surface area contributed by atoms with E-state index in [9.17, 15) is 10.2 Å². The second-order valence-corrected chi connectivity index (χ2v) is 9.65. The number of piperidine rings is 1. The average Bonchev–Trinajstić information content (AvgIpc) is 3.44. The molecule has 3 aliphatic heterocycles. The standard InChI is InChI=1S/C23H35N5O3/c1-3-5-17-16-6-11-28(21(16)25-15-24-17)22-20(30)19(29)18(31-22)14-27-10-4-7-23(27)8-12-26(2)13-9-23/h6,11,15,18-20,22,29-30H,3-5,7-10,12-14H2,1-2H3/t18-,19-,20-,22-/m1/s1. The van der Waals surface area contributed by atoms with Gasteiger partial charge in [-0.05, 0) is 64.9 Å². The summed E-state index contributed by atoms with van der Waals surface area (Å²) in [5.74, 6) is 0. The van der Waals surface area contributed by atoms with Gasteiger partial charge in [0.2, 0.25) is 0 Å². The summed E-state index contributed by atoms with van der Waals surface area (Å²) in [4.78, 5) is 13.8. The molecule has 8 heteroatoms. The summed E-state index contributed by atoms with van der Waals surface area (Å²) in [7, 11) is 2.19. The van der Waals surface area contributed by atoms with Gasteiger partial charge in [0, 0.05) is 23.7 Å². The first-order valence-electron chi connectivity index (χ1n) is 11.8. The molecule has 3 saturated heterocycles.